The summed E-state index contributed by atoms with van der Waals surface area (Å²) in [6.45, 7) is 16.0. The average Bonchev–Trinajstić information content (AvgIpc) is 3.02. The molecule has 0 bridgehead atoms. The summed E-state index contributed by atoms with van der Waals surface area (Å²) >= 11 is 0. The van der Waals surface area contributed by atoms with Crippen molar-refractivity contribution >= 4 is 5.97 Å². The molecule has 0 amide bonds. The molecule has 0 atom stereocenters. The molecule has 0 saturated heterocycles. The molecule has 0 unspecified atom stereocenters. The molecule has 0 aliphatic carbocycles. The molecule has 28 heavy (non-hydrogen) atoms. The first-order valence-corrected chi connectivity index (χ1v) is 9.87. The molecule has 0 saturated carbocycles. The van der Waals surface area contributed by atoms with Crippen molar-refractivity contribution in [2.75, 3.05) is 39.6 Å². The quantitative estimate of drug-likeness (QED) is 0.372. The second kappa shape index (κ2) is 12.1. The molecule has 1 rings (SSSR count). The highest BCUT2D eigenvalue weighted by Gasteiger charge is 2.22. The van der Waals surface area contributed by atoms with Gasteiger partial charge in [0.15, 0.2) is 0 Å². The third kappa shape index (κ3) is 12.0. The number of carbonyl (C=O) groups is 1. The first-order valence-electron chi connectivity index (χ1n) is 9.87. The fourth-order valence-corrected chi connectivity index (χ4v) is 1.96. The summed E-state index contributed by atoms with van der Waals surface area (Å²) in [6.07, 6.45) is 2.87. The fourth-order valence-electron chi connectivity index (χ4n) is 1.96. The maximum atomic E-state index is 11.6. The van der Waals surface area contributed by atoms with Crippen LogP contribution >= 0.6 is 0 Å². The molecule has 8 nitrogen and oxygen atoms in total. The van der Waals surface area contributed by atoms with Crippen LogP contribution in [0.4, 0.5) is 0 Å². The molecule has 162 valence electrons. The van der Waals surface area contributed by atoms with Crippen molar-refractivity contribution in [2.45, 2.75) is 61.1 Å². The molecule has 0 aliphatic rings. The van der Waals surface area contributed by atoms with Crippen LogP contribution in [-0.2, 0) is 36.9 Å². The predicted octanol–water partition coefficient (Wildman–Crippen LogP) is 2.85. The predicted molar refractivity (Wildman–Crippen MR) is 106 cm³/mol. The summed E-state index contributed by atoms with van der Waals surface area (Å²) in [5.74, 6) is -0.225. The Balaban J connectivity index is 2.03. The minimum Gasteiger partial charge on any atom is -0.463 e. The molecule has 1 aromatic rings. The average molecular weight is 400 g/mol. The smallest absolute Gasteiger partial charge is 0.311 e. The number of ether oxygens (including phenoxy) is 4. The highest BCUT2D eigenvalue weighted by Crippen LogP contribution is 2.17. The van der Waals surface area contributed by atoms with Crippen LogP contribution in [0.15, 0.2) is 6.20 Å². The van der Waals surface area contributed by atoms with E-state index in [0.717, 1.165) is 18.7 Å². The monoisotopic (exact) mass is 399 g/mol. The van der Waals surface area contributed by atoms with Gasteiger partial charge >= 0.3 is 5.97 Å². The Morgan fingerprint density at radius 1 is 0.929 bits per heavy atom. The highest BCUT2D eigenvalue weighted by atomic mass is 16.6. The number of esters is 1. The summed E-state index contributed by atoms with van der Waals surface area (Å²) in [7, 11) is 0. The molecule has 1 heterocycles. The Morgan fingerprint density at radius 3 is 2.25 bits per heavy atom. The third-order valence-corrected chi connectivity index (χ3v) is 3.74. The van der Waals surface area contributed by atoms with Gasteiger partial charge in [-0.3, -0.25) is 4.79 Å². The first-order chi connectivity index (χ1) is 13.1. The van der Waals surface area contributed by atoms with Crippen LogP contribution in [0.5, 0.6) is 0 Å². The van der Waals surface area contributed by atoms with Gasteiger partial charge < -0.3 is 18.9 Å². The van der Waals surface area contributed by atoms with Gasteiger partial charge in [0.25, 0.3) is 0 Å². The molecule has 0 fully saturated rings. The lowest BCUT2D eigenvalue weighted by Crippen LogP contribution is -2.24. The number of carbonyl (C=O) groups excluding carboxylic acids is 1. The van der Waals surface area contributed by atoms with Crippen LogP contribution in [0, 0.1) is 10.8 Å². The maximum Gasteiger partial charge on any atom is 0.311 e. The normalized spacial score (nSPS) is 12.4. The van der Waals surface area contributed by atoms with E-state index in [2.05, 4.69) is 31.1 Å². The molecule has 0 spiro atoms. The zero-order valence-corrected chi connectivity index (χ0v) is 18.3. The largest absolute Gasteiger partial charge is 0.463 e. The number of aromatic nitrogens is 3. The Labute approximate surface area is 168 Å². The van der Waals surface area contributed by atoms with Crippen LogP contribution in [0.25, 0.3) is 0 Å². The van der Waals surface area contributed by atoms with Crippen molar-refractivity contribution in [1.82, 2.24) is 15.0 Å². The summed E-state index contributed by atoms with van der Waals surface area (Å²) in [4.78, 5) is 11.6. The van der Waals surface area contributed by atoms with Crippen LogP contribution < -0.4 is 0 Å². The molecular formula is C20H37N3O5. The zero-order valence-electron chi connectivity index (χ0n) is 18.3. The Hall–Kier alpha value is -1.51. The van der Waals surface area contributed by atoms with Crippen LogP contribution in [-0.4, -0.2) is 60.6 Å². The lowest BCUT2D eigenvalue weighted by molar-refractivity contribution is -0.154. The van der Waals surface area contributed by atoms with E-state index in [1.54, 1.807) is 4.68 Å². The van der Waals surface area contributed by atoms with Gasteiger partial charge in [0, 0.05) is 6.61 Å². The second-order valence-electron chi connectivity index (χ2n) is 8.95. The SMILES string of the molecule is CC(C)(C)CCOCCOCc1cn(CCOCCOC(=O)C(C)(C)C)nn1. The lowest BCUT2D eigenvalue weighted by Gasteiger charge is -2.17. The molecular weight excluding hydrogens is 362 g/mol. The van der Waals surface area contributed by atoms with Gasteiger partial charge in [-0.2, -0.15) is 0 Å². The number of nitrogens with zero attached hydrogens (tertiary/aromatic N) is 3. The van der Waals surface area contributed by atoms with Gasteiger partial charge in [-0.15, -0.1) is 5.10 Å². The molecule has 0 aromatic carbocycles. The Kier molecular flexibility index (Phi) is 10.6. The van der Waals surface area contributed by atoms with Gasteiger partial charge in [-0.25, -0.2) is 4.68 Å². The fraction of sp³-hybridized carbons (Fsp3) is 0.850. The highest BCUT2D eigenvalue weighted by molar-refractivity contribution is 5.75. The van der Waals surface area contributed by atoms with Gasteiger partial charge in [0.2, 0.25) is 0 Å². The van der Waals surface area contributed by atoms with E-state index in [1.807, 2.05) is 27.0 Å². The summed E-state index contributed by atoms with van der Waals surface area (Å²) in [5.41, 5.74) is 0.575. The number of hydrogen-bond acceptors (Lipinski definition) is 7. The van der Waals surface area contributed by atoms with Crippen LogP contribution in [0.3, 0.4) is 0 Å². The number of hydrogen-bond donors (Lipinski definition) is 0. The van der Waals surface area contributed by atoms with E-state index in [9.17, 15) is 4.79 Å². The minimum absolute atomic E-state index is 0.225. The van der Waals surface area contributed by atoms with Crippen molar-refractivity contribution in [3.63, 3.8) is 0 Å². The van der Waals surface area contributed by atoms with Crippen LogP contribution in [0.2, 0.25) is 0 Å². The lowest BCUT2D eigenvalue weighted by atomic mass is 9.93. The third-order valence-electron chi connectivity index (χ3n) is 3.74. The van der Waals surface area contributed by atoms with E-state index >= 15 is 0 Å². The van der Waals surface area contributed by atoms with E-state index in [4.69, 9.17) is 18.9 Å². The molecule has 0 N–H and O–H groups in total. The standard InChI is InChI=1S/C20H37N3O5/c1-19(2,3)7-9-25-11-12-27-16-17-15-23(22-21-17)8-10-26-13-14-28-18(24)20(4,5)6/h15H,7-14,16H2,1-6H3. The topological polar surface area (TPSA) is 84.7 Å². The van der Waals surface area contributed by atoms with E-state index in [-0.39, 0.29) is 12.6 Å². The van der Waals surface area contributed by atoms with E-state index in [0.29, 0.717) is 45.0 Å². The molecule has 0 radical (unpaired) electrons. The van der Waals surface area contributed by atoms with Gasteiger partial charge in [-0.05, 0) is 32.6 Å². The Bertz CT molecular complexity index is 561. The summed E-state index contributed by atoms with van der Waals surface area (Å²) in [6, 6.07) is 0. The maximum absolute atomic E-state index is 11.6. The summed E-state index contributed by atoms with van der Waals surface area (Å²) in [5, 5.41) is 8.11. The van der Waals surface area contributed by atoms with Gasteiger partial charge in [0.05, 0.1) is 51.2 Å². The van der Waals surface area contributed by atoms with Gasteiger partial charge in [-0.1, -0.05) is 26.0 Å². The first kappa shape index (κ1) is 24.5. The minimum atomic E-state index is -0.488. The van der Waals surface area contributed by atoms with Crippen molar-refractivity contribution in [2.24, 2.45) is 10.8 Å². The summed E-state index contributed by atoms with van der Waals surface area (Å²) < 4.78 is 23.4. The van der Waals surface area contributed by atoms with Crippen molar-refractivity contribution < 1.29 is 23.7 Å². The second-order valence-corrected chi connectivity index (χ2v) is 8.95. The Morgan fingerprint density at radius 2 is 1.57 bits per heavy atom. The molecule has 0 aliphatic heterocycles. The van der Waals surface area contributed by atoms with Crippen LogP contribution in [0.1, 0.15) is 53.7 Å². The zero-order chi connectivity index (χ0) is 21.0. The van der Waals surface area contributed by atoms with E-state index in [1.165, 1.54) is 0 Å². The van der Waals surface area contributed by atoms with E-state index < -0.39 is 5.41 Å². The molecule has 1 aromatic heterocycles. The van der Waals surface area contributed by atoms with Crippen molar-refractivity contribution in [3.05, 3.63) is 11.9 Å². The number of rotatable bonds is 13. The van der Waals surface area contributed by atoms with Crippen molar-refractivity contribution in [3.8, 4) is 0 Å². The van der Waals surface area contributed by atoms with Crippen molar-refractivity contribution in [1.29, 1.82) is 0 Å². The molecule has 8 heteroatoms. The van der Waals surface area contributed by atoms with Gasteiger partial charge in [0.1, 0.15) is 12.3 Å².